The molecule has 0 aliphatic carbocycles. The molecule has 1 N–H and O–H groups in total. The van der Waals surface area contributed by atoms with Crippen molar-refractivity contribution in [2.24, 2.45) is 0 Å². The Bertz CT molecular complexity index is 791. The van der Waals surface area contributed by atoms with Gasteiger partial charge < -0.3 is 19.5 Å². The third-order valence-corrected chi connectivity index (χ3v) is 4.22. The molecule has 0 saturated heterocycles. The van der Waals surface area contributed by atoms with E-state index in [-0.39, 0.29) is 25.3 Å². The van der Waals surface area contributed by atoms with Gasteiger partial charge in [-0.3, -0.25) is 4.79 Å². The molecule has 1 unspecified atom stereocenters. The molecular formula is C18H16BrNO5. The highest BCUT2D eigenvalue weighted by molar-refractivity contribution is 9.10. The third kappa shape index (κ3) is 4.30. The lowest BCUT2D eigenvalue weighted by Gasteiger charge is -2.15. The summed E-state index contributed by atoms with van der Waals surface area (Å²) in [6.45, 7) is 1.70. The summed E-state index contributed by atoms with van der Waals surface area (Å²) in [6.07, 6.45) is 0. The number of ether oxygens (including phenoxy) is 3. The van der Waals surface area contributed by atoms with Crippen LogP contribution in [-0.4, -0.2) is 25.3 Å². The van der Waals surface area contributed by atoms with Crippen LogP contribution in [0, 0.1) is 0 Å². The van der Waals surface area contributed by atoms with Crippen LogP contribution < -0.4 is 14.8 Å². The Balaban J connectivity index is 1.52. The lowest BCUT2D eigenvalue weighted by molar-refractivity contribution is -0.124. The predicted octanol–water partition coefficient (Wildman–Crippen LogP) is 3.21. The van der Waals surface area contributed by atoms with E-state index < -0.39 is 5.97 Å². The first kappa shape index (κ1) is 17.3. The molecule has 130 valence electrons. The molecule has 2 aromatic carbocycles. The zero-order chi connectivity index (χ0) is 17.8. The van der Waals surface area contributed by atoms with Crippen molar-refractivity contribution in [1.82, 2.24) is 5.32 Å². The van der Waals surface area contributed by atoms with Gasteiger partial charge in [0.05, 0.1) is 11.6 Å². The van der Waals surface area contributed by atoms with Gasteiger partial charge in [0, 0.05) is 4.47 Å². The minimum absolute atomic E-state index is 0.200. The quantitative estimate of drug-likeness (QED) is 0.773. The highest BCUT2D eigenvalue weighted by Crippen LogP contribution is 2.34. The van der Waals surface area contributed by atoms with Crippen molar-refractivity contribution in [2.45, 2.75) is 13.0 Å². The SMILES string of the molecule is CC(NC(=O)COC(=O)c1ccc(Br)cc1)c1ccc2c(c1)OCO2. The molecule has 1 aliphatic heterocycles. The monoisotopic (exact) mass is 405 g/mol. The van der Waals surface area contributed by atoms with E-state index in [4.69, 9.17) is 14.2 Å². The van der Waals surface area contributed by atoms with Crippen LogP contribution in [0.4, 0.5) is 0 Å². The van der Waals surface area contributed by atoms with Crippen molar-refractivity contribution >= 4 is 27.8 Å². The van der Waals surface area contributed by atoms with E-state index in [2.05, 4.69) is 21.2 Å². The largest absolute Gasteiger partial charge is 0.454 e. The summed E-state index contributed by atoms with van der Waals surface area (Å²) in [4.78, 5) is 23.9. The maximum absolute atomic E-state index is 12.0. The summed E-state index contributed by atoms with van der Waals surface area (Å²) in [5.74, 6) is 0.417. The third-order valence-electron chi connectivity index (χ3n) is 3.69. The van der Waals surface area contributed by atoms with Crippen LogP contribution in [0.1, 0.15) is 28.9 Å². The van der Waals surface area contributed by atoms with Gasteiger partial charge in [-0.25, -0.2) is 4.79 Å². The summed E-state index contributed by atoms with van der Waals surface area (Å²) in [5, 5.41) is 2.78. The summed E-state index contributed by atoms with van der Waals surface area (Å²) in [7, 11) is 0. The molecule has 3 rings (SSSR count). The zero-order valence-electron chi connectivity index (χ0n) is 13.5. The second-order valence-corrected chi connectivity index (χ2v) is 6.40. The molecule has 25 heavy (non-hydrogen) atoms. The molecule has 2 aromatic rings. The van der Waals surface area contributed by atoms with Crippen LogP contribution >= 0.6 is 15.9 Å². The maximum atomic E-state index is 12.0. The van der Waals surface area contributed by atoms with Crippen molar-refractivity contribution in [2.75, 3.05) is 13.4 Å². The topological polar surface area (TPSA) is 73.9 Å². The molecule has 6 nitrogen and oxygen atoms in total. The normalized spacial score (nSPS) is 13.2. The van der Waals surface area contributed by atoms with Crippen LogP contribution in [0.5, 0.6) is 11.5 Å². The number of carbonyl (C=O) groups excluding carboxylic acids is 2. The maximum Gasteiger partial charge on any atom is 0.338 e. The van der Waals surface area contributed by atoms with Gasteiger partial charge in [-0.05, 0) is 48.9 Å². The fourth-order valence-electron chi connectivity index (χ4n) is 2.35. The van der Waals surface area contributed by atoms with E-state index in [9.17, 15) is 9.59 Å². The van der Waals surface area contributed by atoms with E-state index in [0.717, 1.165) is 10.0 Å². The number of fused-ring (bicyclic) bond motifs is 1. The van der Waals surface area contributed by atoms with Gasteiger partial charge in [-0.15, -0.1) is 0 Å². The van der Waals surface area contributed by atoms with Gasteiger partial charge in [0.15, 0.2) is 18.1 Å². The van der Waals surface area contributed by atoms with Crippen LogP contribution in [0.25, 0.3) is 0 Å². The van der Waals surface area contributed by atoms with Gasteiger partial charge in [0.1, 0.15) is 0 Å². The highest BCUT2D eigenvalue weighted by atomic mass is 79.9. The molecule has 0 bridgehead atoms. The van der Waals surface area contributed by atoms with Crippen LogP contribution in [-0.2, 0) is 9.53 Å². The number of hydrogen-bond donors (Lipinski definition) is 1. The zero-order valence-corrected chi connectivity index (χ0v) is 15.0. The standard InChI is InChI=1S/C18H16BrNO5/c1-11(13-4-7-15-16(8-13)25-10-24-15)20-17(21)9-23-18(22)12-2-5-14(19)6-3-12/h2-8,11H,9-10H2,1H3,(H,20,21). The van der Waals surface area contributed by atoms with Crippen molar-refractivity contribution in [3.05, 3.63) is 58.1 Å². The Morgan fingerprint density at radius 3 is 2.64 bits per heavy atom. The van der Waals surface area contributed by atoms with Gasteiger partial charge in [0.2, 0.25) is 6.79 Å². The second kappa shape index (κ2) is 7.57. The number of rotatable bonds is 5. The lowest BCUT2D eigenvalue weighted by Crippen LogP contribution is -2.31. The fraction of sp³-hybridized carbons (Fsp3) is 0.222. The molecular weight excluding hydrogens is 390 g/mol. The smallest absolute Gasteiger partial charge is 0.338 e. The van der Waals surface area contributed by atoms with E-state index in [0.29, 0.717) is 17.1 Å². The van der Waals surface area contributed by atoms with Crippen LogP contribution in [0.3, 0.4) is 0 Å². The molecule has 0 spiro atoms. The predicted molar refractivity (Wildman–Crippen MR) is 93.5 cm³/mol. The first-order chi connectivity index (χ1) is 12.0. The average molecular weight is 406 g/mol. The molecule has 0 aromatic heterocycles. The Morgan fingerprint density at radius 1 is 1.16 bits per heavy atom. The number of benzene rings is 2. The van der Waals surface area contributed by atoms with Crippen molar-refractivity contribution in [3.63, 3.8) is 0 Å². The first-order valence-electron chi connectivity index (χ1n) is 7.64. The summed E-state index contributed by atoms with van der Waals surface area (Å²) < 4.78 is 16.5. The minimum Gasteiger partial charge on any atom is -0.454 e. The van der Waals surface area contributed by atoms with Crippen molar-refractivity contribution in [1.29, 1.82) is 0 Å². The lowest BCUT2D eigenvalue weighted by atomic mass is 10.1. The molecule has 0 fully saturated rings. The Hall–Kier alpha value is -2.54. The molecule has 1 heterocycles. The van der Waals surface area contributed by atoms with Gasteiger partial charge in [-0.2, -0.15) is 0 Å². The van der Waals surface area contributed by atoms with E-state index in [1.165, 1.54) is 0 Å². The molecule has 1 aliphatic rings. The highest BCUT2D eigenvalue weighted by Gasteiger charge is 2.17. The van der Waals surface area contributed by atoms with Crippen LogP contribution in [0.15, 0.2) is 46.9 Å². The molecule has 1 amide bonds. The summed E-state index contributed by atoms with van der Waals surface area (Å²) in [6, 6.07) is 11.9. The van der Waals surface area contributed by atoms with Gasteiger partial charge in [-0.1, -0.05) is 22.0 Å². The minimum atomic E-state index is -0.543. The Labute approximate surface area is 153 Å². The van der Waals surface area contributed by atoms with E-state index in [1.54, 1.807) is 30.3 Å². The second-order valence-electron chi connectivity index (χ2n) is 5.48. The number of hydrogen-bond acceptors (Lipinski definition) is 5. The van der Waals surface area contributed by atoms with Crippen LogP contribution in [0.2, 0.25) is 0 Å². The number of esters is 1. The van der Waals surface area contributed by atoms with Crippen molar-refractivity contribution in [3.8, 4) is 11.5 Å². The van der Waals surface area contributed by atoms with E-state index in [1.807, 2.05) is 19.1 Å². The Morgan fingerprint density at radius 2 is 1.88 bits per heavy atom. The molecule has 1 atom stereocenters. The number of nitrogens with one attached hydrogen (secondary N) is 1. The molecule has 7 heteroatoms. The summed E-state index contributed by atoms with van der Waals surface area (Å²) in [5.41, 5.74) is 1.26. The van der Waals surface area contributed by atoms with Gasteiger partial charge >= 0.3 is 5.97 Å². The average Bonchev–Trinajstić information content (AvgIpc) is 3.08. The number of amides is 1. The first-order valence-corrected chi connectivity index (χ1v) is 8.44. The Kier molecular flexibility index (Phi) is 5.23. The number of halogens is 1. The fourth-order valence-corrected chi connectivity index (χ4v) is 2.61. The van der Waals surface area contributed by atoms with Gasteiger partial charge in [0.25, 0.3) is 5.91 Å². The van der Waals surface area contributed by atoms with Crippen molar-refractivity contribution < 1.29 is 23.8 Å². The summed E-state index contributed by atoms with van der Waals surface area (Å²) >= 11 is 3.29. The molecule has 0 radical (unpaired) electrons. The number of carbonyl (C=O) groups is 2. The van der Waals surface area contributed by atoms with E-state index >= 15 is 0 Å². The molecule has 0 saturated carbocycles.